The normalized spacial score (nSPS) is 10.9. The zero-order valence-electron chi connectivity index (χ0n) is 12.5. The summed E-state index contributed by atoms with van der Waals surface area (Å²) in [5, 5.41) is 15.0. The van der Waals surface area contributed by atoms with Crippen LogP contribution in [0, 0.1) is 13.8 Å². The molecule has 2 N–H and O–H groups in total. The predicted molar refractivity (Wildman–Crippen MR) is 86.7 cm³/mol. The molecule has 0 aliphatic carbocycles. The molecule has 0 aliphatic heterocycles. The highest BCUT2D eigenvalue weighted by Crippen LogP contribution is 2.18. The summed E-state index contributed by atoms with van der Waals surface area (Å²) in [5.41, 5.74) is 2.52. The van der Waals surface area contributed by atoms with Gasteiger partial charge in [-0.3, -0.25) is 14.6 Å². The fraction of sp³-hybridized carbons (Fsp3) is 0.214. The van der Waals surface area contributed by atoms with Gasteiger partial charge in [-0.15, -0.1) is 10.2 Å². The lowest BCUT2D eigenvalue weighted by Gasteiger charge is -2.08. The van der Waals surface area contributed by atoms with Crippen LogP contribution in [-0.2, 0) is 4.79 Å². The van der Waals surface area contributed by atoms with Crippen molar-refractivity contribution in [1.29, 1.82) is 0 Å². The van der Waals surface area contributed by atoms with Crippen molar-refractivity contribution >= 4 is 29.1 Å². The molecule has 0 fully saturated rings. The number of aromatic nitrogens is 5. The zero-order chi connectivity index (χ0) is 16.4. The number of fused-ring (bicyclic) bond motifs is 1. The monoisotopic (exact) mass is 330 g/mol. The number of nitrogens with zero attached hydrogens (tertiary/aromatic N) is 4. The number of nitrogens with one attached hydrogen (secondary N) is 2. The summed E-state index contributed by atoms with van der Waals surface area (Å²) >= 11 is 1.19. The summed E-state index contributed by atoms with van der Waals surface area (Å²) in [4.78, 5) is 25.8. The quantitative estimate of drug-likeness (QED) is 0.696. The number of amides is 1. The average molecular weight is 330 g/mol. The Morgan fingerprint density at radius 1 is 1.35 bits per heavy atom. The van der Waals surface area contributed by atoms with Crippen LogP contribution in [0.15, 0.2) is 34.3 Å². The maximum Gasteiger partial charge on any atom is 0.271 e. The van der Waals surface area contributed by atoms with Crippen LogP contribution >= 0.6 is 11.8 Å². The van der Waals surface area contributed by atoms with Gasteiger partial charge in [-0.25, -0.2) is 0 Å². The number of aryl methyl sites for hydroxylation is 2. The van der Waals surface area contributed by atoms with Gasteiger partial charge in [0.2, 0.25) is 11.1 Å². The predicted octanol–water partition coefficient (Wildman–Crippen LogP) is 1.16. The number of benzene rings is 1. The molecule has 0 aliphatic rings. The van der Waals surface area contributed by atoms with Crippen LogP contribution in [0.1, 0.15) is 11.1 Å². The van der Waals surface area contributed by atoms with Crippen LogP contribution in [0.4, 0.5) is 5.69 Å². The lowest BCUT2D eigenvalue weighted by atomic mass is 10.1. The lowest BCUT2D eigenvalue weighted by molar-refractivity contribution is -0.113. The van der Waals surface area contributed by atoms with E-state index in [2.05, 4.69) is 25.6 Å². The molecule has 118 valence electrons. The number of thioether (sulfide) groups is 1. The standard InChI is InChI=1S/C14H14N6O2S/c1-8-3-4-9(2)10(5-8)16-12(22)7-23-14-19-18-13-17-11(21)6-15-20(13)14/h3-6H,7H2,1-2H3,(H,16,22)(H,17,18,21). The van der Waals surface area contributed by atoms with Crippen molar-refractivity contribution in [2.75, 3.05) is 11.1 Å². The molecular weight excluding hydrogens is 316 g/mol. The number of carbonyl (C=O) groups excluding carboxylic acids is 1. The first-order valence-electron chi connectivity index (χ1n) is 6.83. The number of H-pyrrole nitrogens is 1. The van der Waals surface area contributed by atoms with E-state index in [1.54, 1.807) is 0 Å². The van der Waals surface area contributed by atoms with Crippen molar-refractivity contribution < 1.29 is 4.79 Å². The van der Waals surface area contributed by atoms with Gasteiger partial charge in [-0.2, -0.15) is 9.61 Å². The molecule has 2 heterocycles. The highest BCUT2D eigenvalue weighted by atomic mass is 32.2. The first-order valence-corrected chi connectivity index (χ1v) is 7.82. The average Bonchev–Trinajstić information content (AvgIpc) is 2.91. The van der Waals surface area contributed by atoms with Gasteiger partial charge < -0.3 is 5.32 Å². The molecule has 2 aromatic heterocycles. The van der Waals surface area contributed by atoms with Crippen molar-refractivity contribution in [3.63, 3.8) is 0 Å². The minimum atomic E-state index is -0.353. The molecule has 23 heavy (non-hydrogen) atoms. The summed E-state index contributed by atoms with van der Waals surface area (Å²) in [7, 11) is 0. The van der Waals surface area contributed by atoms with E-state index in [4.69, 9.17) is 0 Å². The molecule has 0 unspecified atom stereocenters. The molecule has 0 saturated carbocycles. The third-order valence-electron chi connectivity index (χ3n) is 3.14. The highest BCUT2D eigenvalue weighted by Gasteiger charge is 2.11. The molecule has 1 aromatic carbocycles. The summed E-state index contributed by atoms with van der Waals surface area (Å²) in [6.07, 6.45) is 1.14. The fourth-order valence-electron chi connectivity index (χ4n) is 1.98. The second kappa shape index (κ2) is 6.21. The van der Waals surface area contributed by atoms with E-state index < -0.39 is 0 Å². The topological polar surface area (TPSA) is 105 Å². The molecule has 3 aromatic rings. The minimum Gasteiger partial charge on any atom is -0.325 e. The van der Waals surface area contributed by atoms with Crippen LogP contribution < -0.4 is 10.9 Å². The summed E-state index contributed by atoms with van der Waals surface area (Å²) in [5.74, 6) is 0.259. The maximum atomic E-state index is 12.1. The number of hydrogen-bond donors (Lipinski definition) is 2. The van der Waals surface area contributed by atoms with Crippen molar-refractivity contribution in [2.24, 2.45) is 0 Å². The second-order valence-electron chi connectivity index (χ2n) is 5.01. The Kier molecular flexibility index (Phi) is 4.11. The summed E-state index contributed by atoms with van der Waals surface area (Å²) < 4.78 is 1.39. The SMILES string of the molecule is Cc1ccc(C)c(NC(=O)CSc2nnc3[nH]c(=O)cnn23)c1. The van der Waals surface area contributed by atoms with Crippen LogP contribution in [0.2, 0.25) is 0 Å². The number of aromatic amines is 1. The Labute approximate surface area is 135 Å². The molecular formula is C14H14N6O2S. The number of rotatable bonds is 4. The molecule has 0 saturated heterocycles. The zero-order valence-corrected chi connectivity index (χ0v) is 13.3. The Morgan fingerprint density at radius 2 is 2.17 bits per heavy atom. The Balaban J connectivity index is 1.68. The number of carbonyl (C=O) groups is 1. The third-order valence-corrected chi connectivity index (χ3v) is 4.06. The molecule has 1 amide bonds. The van der Waals surface area contributed by atoms with Crippen molar-refractivity contribution in [3.8, 4) is 0 Å². The van der Waals surface area contributed by atoms with Crippen LogP contribution in [-0.4, -0.2) is 36.5 Å². The summed E-state index contributed by atoms with van der Waals surface area (Å²) in [6.45, 7) is 3.91. The highest BCUT2D eigenvalue weighted by molar-refractivity contribution is 7.99. The van der Waals surface area contributed by atoms with E-state index in [-0.39, 0.29) is 23.0 Å². The molecule has 8 nitrogen and oxygen atoms in total. The van der Waals surface area contributed by atoms with Crippen LogP contribution in [0.5, 0.6) is 0 Å². The van der Waals surface area contributed by atoms with Crippen molar-refractivity contribution in [1.82, 2.24) is 24.8 Å². The van der Waals surface area contributed by atoms with Gasteiger partial charge in [0.25, 0.3) is 11.3 Å². The first-order chi connectivity index (χ1) is 11.0. The second-order valence-corrected chi connectivity index (χ2v) is 5.95. The van der Waals surface area contributed by atoms with Gasteiger partial charge in [-0.1, -0.05) is 23.9 Å². The molecule has 3 rings (SSSR count). The fourth-order valence-corrected chi connectivity index (χ4v) is 2.66. The van der Waals surface area contributed by atoms with E-state index in [0.717, 1.165) is 23.0 Å². The van der Waals surface area contributed by atoms with E-state index in [9.17, 15) is 9.59 Å². The lowest BCUT2D eigenvalue weighted by Crippen LogP contribution is -2.15. The first kappa shape index (κ1) is 15.2. The van der Waals surface area contributed by atoms with Crippen LogP contribution in [0.25, 0.3) is 5.78 Å². The Bertz CT molecular complexity index is 932. The number of hydrogen-bond acceptors (Lipinski definition) is 6. The largest absolute Gasteiger partial charge is 0.325 e. The van der Waals surface area contributed by atoms with E-state index in [1.165, 1.54) is 16.3 Å². The molecule has 0 spiro atoms. The van der Waals surface area contributed by atoms with Crippen molar-refractivity contribution in [3.05, 3.63) is 45.9 Å². The van der Waals surface area contributed by atoms with E-state index in [1.807, 2.05) is 32.0 Å². The van der Waals surface area contributed by atoms with Gasteiger partial charge in [0.1, 0.15) is 6.20 Å². The summed E-state index contributed by atoms with van der Waals surface area (Å²) in [6, 6.07) is 5.88. The number of anilines is 1. The molecule has 9 heteroatoms. The van der Waals surface area contributed by atoms with Gasteiger partial charge in [0, 0.05) is 5.69 Å². The molecule has 0 radical (unpaired) electrons. The van der Waals surface area contributed by atoms with E-state index >= 15 is 0 Å². The molecule has 0 atom stereocenters. The van der Waals surface area contributed by atoms with E-state index in [0.29, 0.717) is 5.16 Å². The van der Waals surface area contributed by atoms with Gasteiger partial charge in [-0.05, 0) is 31.0 Å². The van der Waals surface area contributed by atoms with Gasteiger partial charge in [0.05, 0.1) is 5.75 Å². The maximum absolute atomic E-state index is 12.1. The van der Waals surface area contributed by atoms with Crippen LogP contribution in [0.3, 0.4) is 0 Å². The van der Waals surface area contributed by atoms with Gasteiger partial charge >= 0.3 is 0 Å². The van der Waals surface area contributed by atoms with Gasteiger partial charge in [0.15, 0.2) is 0 Å². The smallest absolute Gasteiger partial charge is 0.271 e. The minimum absolute atomic E-state index is 0.148. The third kappa shape index (κ3) is 3.39. The molecule has 0 bridgehead atoms. The Morgan fingerprint density at radius 3 is 3.00 bits per heavy atom. The van der Waals surface area contributed by atoms with Crippen molar-refractivity contribution in [2.45, 2.75) is 19.0 Å². The Hall–Kier alpha value is -2.68.